The Kier molecular flexibility index (Phi) is 3.94. The predicted molar refractivity (Wildman–Crippen MR) is 82.2 cm³/mol. The summed E-state index contributed by atoms with van der Waals surface area (Å²) in [4.78, 5) is 12.1. The van der Waals surface area contributed by atoms with E-state index in [0.717, 1.165) is 21.0 Å². The van der Waals surface area contributed by atoms with Crippen molar-refractivity contribution in [2.24, 2.45) is 7.05 Å². The van der Waals surface area contributed by atoms with Crippen molar-refractivity contribution in [1.82, 2.24) is 14.8 Å². The van der Waals surface area contributed by atoms with Gasteiger partial charge in [-0.05, 0) is 25.0 Å². The fourth-order valence-electron chi connectivity index (χ4n) is 2.00. The molecule has 1 aromatic carbocycles. The maximum atomic E-state index is 12.1. The molecule has 20 heavy (non-hydrogen) atoms. The van der Waals surface area contributed by atoms with Gasteiger partial charge in [0.2, 0.25) is 0 Å². The van der Waals surface area contributed by atoms with Crippen LogP contribution in [0.25, 0.3) is 0 Å². The van der Waals surface area contributed by atoms with Crippen LogP contribution in [0.1, 0.15) is 34.9 Å². The van der Waals surface area contributed by atoms with Gasteiger partial charge < -0.3 is 4.57 Å². The van der Waals surface area contributed by atoms with Gasteiger partial charge >= 0.3 is 0 Å². The number of hydrogen-bond acceptors (Lipinski definition) is 4. The van der Waals surface area contributed by atoms with Crippen LogP contribution >= 0.6 is 27.7 Å². The Bertz CT molecular complexity index is 634. The molecule has 2 aromatic rings. The lowest BCUT2D eigenvalue weighted by Gasteiger charge is -2.03. The van der Waals surface area contributed by atoms with Gasteiger partial charge in [-0.1, -0.05) is 39.8 Å². The molecule has 0 spiro atoms. The van der Waals surface area contributed by atoms with Gasteiger partial charge in [0.1, 0.15) is 5.82 Å². The Morgan fingerprint density at radius 2 is 2.05 bits per heavy atom. The van der Waals surface area contributed by atoms with Crippen LogP contribution in [0.5, 0.6) is 0 Å². The molecule has 0 unspecified atom stereocenters. The third kappa shape index (κ3) is 2.96. The highest BCUT2D eigenvalue weighted by molar-refractivity contribution is 9.10. The summed E-state index contributed by atoms with van der Waals surface area (Å²) >= 11 is 4.81. The summed E-state index contributed by atoms with van der Waals surface area (Å²) in [6, 6.07) is 7.43. The van der Waals surface area contributed by atoms with Crippen LogP contribution in [0.3, 0.4) is 0 Å². The average molecular weight is 352 g/mol. The molecule has 0 saturated heterocycles. The first-order valence-electron chi connectivity index (χ1n) is 6.46. The Labute approximate surface area is 130 Å². The average Bonchev–Trinajstić information content (AvgIpc) is 3.22. The van der Waals surface area contributed by atoms with Crippen molar-refractivity contribution in [3.8, 4) is 0 Å². The fraction of sp³-hybridized carbons (Fsp3) is 0.357. The molecule has 4 nitrogen and oxygen atoms in total. The van der Waals surface area contributed by atoms with E-state index in [0.29, 0.717) is 11.7 Å². The number of hydrogen-bond donors (Lipinski definition) is 0. The van der Waals surface area contributed by atoms with Crippen LogP contribution in [-0.4, -0.2) is 26.3 Å². The molecule has 0 bridgehead atoms. The summed E-state index contributed by atoms with van der Waals surface area (Å²) in [6.07, 6.45) is 2.41. The Balaban J connectivity index is 1.64. The molecule has 0 aliphatic heterocycles. The first-order valence-corrected chi connectivity index (χ1v) is 8.24. The van der Waals surface area contributed by atoms with E-state index in [9.17, 15) is 4.79 Å². The van der Waals surface area contributed by atoms with Crippen molar-refractivity contribution < 1.29 is 4.79 Å². The second kappa shape index (κ2) is 5.69. The quantitative estimate of drug-likeness (QED) is 0.611. The summed E-state index contributed by atoms with van der Waals surface area (Å²) in [5, 5.41) is 9.20. The lowest BCUT2D eigenvalue weighted by atomic mass is 10.2. The molecule has 0 atom stereocenters. The minimum Gasteiger partial charge on any atom is -0.309 e. The lowest BCUT2D eigenvalue weighted by molar-refractivity contribution is 0.102. The zero-order chi connectivity index (χ0) is 14.1. The Morgan fingerprint density at radius 1 is 1.35 bits per heavy atom. The number of carbonyl (C=O) groups is 1. The summed E-state index contributed by atoms with van der Waals surface area (Å²) in [7, 11) is 1.97. The number of nitrogens with zero attached hydrogens (tertiary/aromatic N) is 3. The van der Waals surface area contributed by atoms with Gasteiger partial charge in [-0.2, -0.15) is 0 Å². The van der Waals surface area contributed by atoms with Crippen LogP contribution in [0, 0.1) is 0 Å². The van der Waals surface area contributed by atoms with Gasteiger partial charge in [0.25, 0.3) is 0 Å². The third-order valence-corrected chi connectivity index (χ3v) is 4.86. The zero-order valence-corrected chi connectivity index (χ0v) is 13.4. The van der Waals surface area contributed by atoms with Gasteiger partial charge in [-0.15, -0.1) is 10.2 Å². The number of thioether (sulfide) groups is 1. The normalized spacial score (nSPS) is 14.5. The third-order valence-electron chi connectivity index (χ3n) is 3.31. The number of benzene rings is 1. The van der Waals surface area contributed by atoms with E-state index in [-0.39, 0.29) is 5.78 Å². The van der Waals surface area contributed by atoms with E-state index >= 15 is 0 Å². The highest BCUT2D eigenvalue weighted by Crippen LogP contribution is 2.39. The first kappa shape index (κ1) is 13.8. The second-order valence-corrected chi connectivity index (χ2v) is 6.75. The van der Waals surface area contributed by atoms with E-state index in [1.54, 1.807) is 0 Å². The van der Waals surface area contributed by atoms with E-state index < -0.39 is 0 Å². The molecule has 1 saturated carbocycles. The molecule has 1 aliphatic rings. The number of halogens is 1. The van der Waals surface area contributed by atoms with Crippen LogP contribution in [0.4, 0.5) is 0 Å². The zero-order valence-electron chi connectivity index (χ0n) is 11.0. The van der Waals surface area contributed by atoms with Gasteiger partial charge in [-0.3, -0.25) is 4.79 Å². The van der Waals surface area contributed by atoms with Crippen LogP contribution in [0.15, 0.2) is 33.9 Å². The number of ketones is 1. The lowest BCUT2D eigenvalue weighted by Crippen LogP contribution is -2.04. The highest BCUT2D eigenvalue weighted by atomic mass is 79.9. The van der Waals surface area contributed by atoms with Crippen molar-refractivity contribution in [2.45, 2.75) is 23.9 Å². The van der Waals surface area contributed by atoms with Crippen LogP contribution < -0.4 is 0 Å². The molecule has 6 heteroatoms. The second-order valence-electron chi connectivity index (χ2n) is 4.89. The number of aromatic nitrogens is 3. The molecule has 0 amide bonds. The van der Waals surface area contributed by atoms with Crippen LogP contribution in [0.2, 0.25) is 0 Å². The molecule has 1 aliphatic carbocycles. The van der Waals surface area contributed by atoms with Crippen molar-refractivity contribution in [2.75, 3.05) is 5.75 Å². The SMILES string of the molecule is Cn1c(SCC(=O)c2ccc(Br)cc2)nnc1C1CC1. The molecule has 1 heterocycles. The van der Waals surface area contributed by atoms with E-state index in [1.807, 2.05) is 35.9 Å². The van der Waals surface area contributed by atoms with Gasteiger partial charge in [0, 0.05) is 23.0 Å². The maximum absolute atomic E-state index is 12.1. The maximum Gasteiger partial charge on any atom is 0.191 e. The highest BCUT2D eigenvalue weighted by Gasteiger charge is 2.29. The minimum absolute atomic E-state index is 0.110. The van der Waals surface area contributed by atoms with Gasteiger partial charge in [-0.25, -0.2) is 0 Å². The van der Waals surface area contributed by atoms with E-state index in [2.05, 4.69) is 26.1 Å². The number of carbonyl (C=O) groups excluding carboxylic acids is 1. The van der Waals surface area contributed by atoms with E-state index in [4.69, 9.17) is 0 Å². The molecule has 104 valence electrons. The standard InChI is InChI=1S/C14H14BrN3OS/c1-18-13(10-2-3-10)16-17-14(18)20-8-12(19)9-4-6-11(15)7-5-9/h4-7,10H,2-3,8H2,1H3. The topological polar surface area (TPSA) is 47.8 Å². The molecule has 1 aromatic heterocycles. The largest absolute Gasteiger partial charge is 0.309 e. The van der Waals surface area contributed by atoms with Gasteiger partial charge in [0.15, 0.2) is 10.9 Å². The molecule has 0 N–H and O–H groups in total. The monoisotopic (exact) mass is 351 g/mol. The number of Topliss-reactive ketones (excluding diaryl/α,β-unsaturated/α-hetero) is 1. The fourth-order valence-corrected chi connectivity index (χ4v) is 3.08. The molecule has 3 rings (SSSR count). The summed E-state index contributed by atoms with van der Waals surface area (Å²) in [5.74, 6) is 2.12. The predicted octanol–water partition coefficient (Wildman–Crippen LogP) is 3.43. The van der Waals surface area contributed by atoms with Crippen molar-refractivity contribution >= 4 is 33.5 Å². The van der Waals surface area contributed by atoms with Gasteiger partial charge in [0.05, 0.1) is 5.75 Å². The Morgan fingerprint density at radius 3 is 2.70 bits per heavy atom. The summed E-state index contributed by atoms with van der Waals surface area (Å²) in [5.41, 5.74) is 0.727. The number of rotatable bonds is 5. The molecule has 0 radical (unpaired) electrons. The summed E-state index contributed by atoms with van der Waals surface area (Å²) in [6.45, 7) is 0. The Hall–Kier alpha value is -1.14. The molecule has 1 fully saturated rings. The molecular formula is C14H14BrN3OS. The minimum atomic E-state index is 0.110. The summed E-state index contributed by atoms with van der Waals surface area (Å²) < 4.78 is 2.99. The van der Waals surface area contributed by atoms with Crippen molar-refractivity contribution in [3.63, 3.8) is 0 Å². The van der Waals surface area contributed by atoms with Crippen LogP contribution in [-0.2, 0) is 7.05 Å². The first-order chi connectivity index (χ1) is 9.65. The van der Waals surface area contributed by atoms with Crippen molar-refractivity contribution in [1.29, 1.82) is 0 Å². The van der Waals surface area contributed by atoms with Crippen molar-refractivity contribution in [3.05, 3.63) is 40.1 Å². The molecular weight excluding hydrogens is 338 g/mol. The van der Waals surface area contributed by atoms with E-state index in [1.165, 1.54) is 24.6 Å². The smallest absolute Gasteiger partial charge is 0.191 e.